The Bertz CT molecular complexity index is 1260. The van der Waals surface area contributed by atoms with E-state index in [1.807, 2.05) is 48.8 Å². The number of benzene rings is 2. The van der Waals surface area contributed by atoms with E-state index in [0.29, 0.717) is 17.3 Å². The number of imidazole rings is 1. The molecule has 1 N–H and O–H groups in total. The van der Waals surface area contributed by atoms with E-state index in [9.17, 15) is 4.79 Å². The van der Waals surface area contributed by atoms with Crippen LogP contribution >= 0.6 is 22.9 Å². The van der Waals surface area contributed by atoms with Gasteiger partial charge in [-0.05, 0) is 35.4 Å². The average Bonchev–Trinajstić information content (AvgIpc) is 3.53. The zero-order chi connectivity index (χ0) is 21.2. The summed E-state index contributed by atoms with van der Waals surface area (Å²) in [5, 5.41) is 6.98. The first-order chi connectivity index (χ1) is 15.2. The topological polar surface area (TPSA) is 68.5 Å². The van der Waals surface area contributed by atoms with Gasteiger partial charge in [-0.25, -0.2) is 4.98 Å². The largest absolute Gasteiger partial charge is 0.382 e. The predicted octanol–water partition coefficient (Wildman–Crippen LogP) is 4.61. The molecule has 0 bridgehead atoms. The summed E-state index contributed by atoms with van der Waals surface area (Å²) in [6.45, 7) is 1.18. The summed E-state index contributed by atoms with van der Waals surface area (Å²) in [6, 6.07) is 20.0. The van der Waals surface area contributed by atoms with Gasteiger partial charge in [-0.2, -0.15) is 0 Å². The van der Waals surface area contributed by atoms with Crippen molar-refractivity contribution < 1.29 is 9.63 Å². The van der Waals surface area contributed by atoms with Crippen molar-refractivity contribution >= 4 is 45.6 Å². The van der Waals surface area contributed by atoms with E-state index in [0.717, 1.165) is 33.7 Å². The first-order valence-corrected chi connectivity index (χ1v) is 11.1. The van der Waals surface area contributed by atoms with Crippen molar-refractivity contribution in [1.82, 2.24) is 14.9 Å². The molecule has 0 radical (unpaired) electrons. The summed E-state index contributed by atoms with van der Waals surface area (Å²) in [7, 11) is 0. The van der Waals surface area contributed by atoms with Gasteiger partial charge in [-0.3, -0.25) is 4.79 Å². The van der Waals surface area contributed by atoms with E-state index < -0.39 is 6.10 Å². The normalized spacial score (nSPS) is 15.6. The van der Waals surface area contributed by atoms with E-state index in [-0.39, 0.29) is 5.91 Å². The van der Waals surface area contributed by atoms with Crippen molar-refractivity contribution in [2.75, 3.05) is 0 Å². The highest BCUT2D eigenvalue weighted by atomic mass is 35.5. The molecule has 2 aromatic heterocycles. The van der Waals surface area contributed by atoms with E-state index in [1.165, 1.54) is 16.9 Å². The van der Waals surface area contributed by atoms with Crippen molar-refractivity contribution in [2.24, 2.45) is 5.16 Å². The predicted molar refractivity (Wildman–Crippen MR) is 122 cm³/mol. The molecule has 6 nitrogen and oxygen atoms in total. The molecule has 0 fully saturated rings. The standard InChI is InChI=1S/C23H19ClN4O2S/c24-22-10-9-21(31-22)18-11-20(30-27-18)23(29)25-12-15-5-7-16(8-6-15)13-28-14-26-17-3-1-2-4-19(17)28/h1-10,14,20H,11-13H2,(H,25,29). The number of para-hydroxylation sites is 2. The first kappa shape index (κ1) is 19.8. The molecule has 1 unspecified atom stereocenters. The zero-order valence-corrected chi connectivity index (χ0v) is 18.1. The maximum absolute atomic E-state index is 12.5. The van der Waals surface area contributed by atoms with Crippen LogP contribution in [0.2, 0.25) is 4.34 Å². The number of aromatic nitrogens is 2. The number of nitrogens with one attached hydrogen (secondary N) is 1. The van der Waals surface area contributed by atoms with Crippen LogP contribution in [-0.4, -0.2) is 27.3 Å². The van der Waals surface area contributed by atoms with Gasteiger partial charge in [0.15, 0.2) is 0 Å². The van der Waals surface area contributed by atoms with Crippen molar-refractivity contribution in [3.8, 4) is 0 Å². The molecule has 156 valence electrons. The summed E-state index contributed by atoms with van der Waals surface area (Å²) < 4.78 is 2.82. The third kappa shape index (κ3) is 4.33. The number of oxime groups is 1. The number of halogens is 1. The van der Waals surface area contributed by atoms with Crippen LogP contribution in [0.4, 0.5) is 0 Å². The second-order valence-corrected chi connectivity index (χ2v) is 9.05. The number of hydrogen-bond donors (Lipinski definition) is 1. The van der Waals surface area contributed by atoms with Gasteiger partial charge in [0.25, 0.3) is 5.91 Å². The van der Waals surface area contributed by atoms with Gasteiger partial charge >= 0.3 is 0 Å². The Kier molecular flexibility index (Phi) is 5.44. The fourth-order valence-electron chi connectivity index (χ4n) is 3.53. The van der Waals surface area contributed by atoms with E-state index >= 15 is 0 Å². The fourth-order valence-corrected chi connectivity index (χ4v) is 4.56. The van der Waals surface area contributed by atoms with Crippen molar-refractivity contribution in [2.45, 2.75) is 25.6 Å². The molecule has 3 heterocycles. The van der Waals surface area contributed by atoms with Crippen LogP contribution in [0.15, 0.2) is 72.1 Å². The number of rotatable bonds is 6. The highest BCUT2D eigenvalue weighted by Crippen LogP contribution is 2.26. The molecule has 0 aliphatic carbocycles. The van der Waals surface area contributed by atoms with Gasteiger partial charge in [-0.15, -0.1) is 11.3 Å². The fraction of sp³-hybridized carbons (Fsp3) is 0.174. The molecule has 1 aliphatic heterocycles. The summed E-state index contributed by atoms with van der Waals surface area (Å²) in [4.78, 5) is 23.1. The third-order valence-corrected chi connectivity index (χ3v) is 6.47. The lowest BCUT2D eigenvalue weighted by Gasteiger charge is -2.10. The molecule has 8 heteroatoms. The van der Waals surface area contributed by atoms with Crippen molar-refractivity contribution in [3.05, 3.63) is 87.3 Å². The van der Waals surface area contributed by atoms with Crippen LogP contribution < -0.4 is 5.32 Å². The minimum atomic E-state index is -0.607. The van der Waals surface area contributed by atoms with Crippen molar-refractivity contribution in [3.63, 3.8) is 0 Å². The van der Waals surface area contributed by atoms with E-state index in [2.05, 4.69) is 38.2 Å². The molecule has 0 saturated carbocycles. The van der Waals surface area contributed by atoms with Crippen LogP contribution in [0.1, 0.15) is 22.4 Å². The highest BCUT2D eigenvalue weighted by molar-refractivity contribution is 7.18. The molecule has 0 spiro atoms. The molecule has 1 atom stereocenters. The Morgan fingerprint density at radius 1 is 1.13 bits per heavy atom. The highest BCUT2D eigenvalue weighted by Gasteiger charge is 2.29. The minimum Gasteiger partial charge on any atom is -0.382 e. The van der Waals surface area contributed by atoms with Gasteiger partial charge in [0.05, 0.1) is 26.6 Å². The van der Waals surface area contributed by atoms with E-state index in [1.54, 1.807) is 0 Å². The van der Waals surface area contributed by atoms with Crippen LogP contribution in [0.5, 0.6) is 0 Å². The number of amides is 1. The Balaban J connectivity index is 1.15. The number of carbonyl (C=O) groups is 1. The molecular formula is C23H19ClN4O2S. The van der Waals surface area contributed by atoms with Crippen LogP contribution in [0, 0.1) is 0 Å². The lowest BCUT2D eigenvalue weighted by molar-refractivity contribution is -0.131. The molecule has 0 saturated heterocycles. The number of thiophene rings is 1. The molecule has 5 rings (SSSR count). The Hall–Kier alpha value is -3.16. The molecule has 4 aromatic rings. The van der Waals surface area contributed by atoms with Crippen LogP contribution in [-0.2, 0) is 22.7 Å². The summed E-state index contributed by atoms with van der Waals surface area (Å²) >= 11 is 7.40. The Morgan fingerprint density at radius 3 is 2.74 bits per heavy atom. The molecule has 1 aliphatic rings. The average molecular weight is 451 g/mol. The van der Waals surface area contributed by atoms with Gasteiger partial charge in [0.1, 0.15) is 5.71 Å². The number of hydrogen-bond acceptors (Lipinski definition) is 5. The van der Waals surface area contributed by atoms with Gasteiger partial charge in [0.2, 0.25) is 6.10 Å². The maximum Gasteiger partial charge on any atom is 0.264 e. The van der Waals surface area contributed by atoms with Crippen LogP contribution in [0.3, 0.4) is 0 Å². The quantitative estimate of drug-likeness (QED) is 0.466. The SMILES string of the molecule is O=C(NCc1ccc(Cn2cnc3ccccc32)cc1)C1CC(c2ccc(Cl)s2)=NO1. The molecular weight excluding hydrogens is 432 g/mol. The Labute approximate surface area is 188 Å². The monoisotopic (exact) mass is 450 g/mol. The Morgan fingerprint density at radius 2 is 1.94 bits per heavy atom. The summed E-state index contributed by atoms with van der Waals surface area (Å²) in [6.07, 6.45) is 1.70. The van der Waals surface area contributed by atoms with Gasteiger partial charge in [-0.1, -0.05) is 53.2 Å². The second-order valence-electron chi connectivity index (χ2n) is 7.34. The van der Waals surface area contributed by atoms with Gasteiger partial charge < -0.3 is 14.7 Å². The third-order valence-electron chi connectivity index (χ3n) is 5.19. The second kappa shape index (κ2) is 8.53. The van der Waals surface area contributed by atoms with Crippen LogP contribution in [0.25, 0.3) is 11.0 Å². The number of fused-ring (bicyclic) bond motifs is 1. The van der Waals surface area contributed by atoms with Gasteiger partial charge in [0, 0.05) is 19.5 Å². The summed E-state index contributed by atoms with van der Waals surface area (Å²) in [5.74, 6) is -0.171. The smallest absolute Gasteiger partial charge is 0.264 e. The molecule has 2 aromatic carbocycles. The minimum absolute atomic E-state index is 0.171. The van der Waals surface area contributed by atoms with Crippen molar-refractivity contribution in [1.29, 1.82) is 0 Å². The zero-order valence-electron chi connectivity index (χ0n) is 16.5. The molecule has 31 heavy (non-hydrogen) atoms. The lowest BCUT2D eigenvalue weighted by atomic mass is 10.1. The number of carbonyl (C=O) groups excluding carboxylic acids is 1. The lowest BCUT2D eigenvalue weighted by Crippen LogP contribution is -2.34. The summed E-state index contributed by atoms with van der Waals surface area (Å²) in [5.41, 5.74) is 5.06. The van der Waals surface area contributed by atoms with E-state index in [4.69, 9.17) is 16.4 Å². The maximum atomic E-state index is 12.5. The first-order valence-electron chi connectivity index (χ1n) is 9.89. The molecule has 1 amide bonds. The number of nitrogens with zero attached hydrogens (tertiary/aromatic N) is 3.